The maximum Gasteiger partial charge on any atom is 0.332 e. The first-order valence-electron chi connectivity index (χ1n) is 11.7. The van der Waals surface area contributed by atoms with Crippen molar-refractivity contribution in [2.24, 2.45) is 0 Å². The molecule has 0 saturated carbocycles. The third-order valence-corrected chi connectivity index (χ3v) is 7.08. The molecular weight excluding hydrogens is 494 g/mol. The molecule has 9 nitrogen and oxygen atoms in total. The van der Waals surface area contributed by atoms with E-state index in [0.29, 0.717) is 5.56 Å². The lowest BCUT2D eigenvalue weighted by Gasteiger charge is -2.38. The van der Waals surface area contributed by atoms with Crippen LogP contribution in [-0.4, -0.2) is 31.5 Å². The summed E-state index contributed by atoms with van der Waals surface area (Å²) in [5.74, 6) is -0.652. The van der Waals surface area contributed by atoms with Gasteiger partial charge in [0.25, 0.3) is 5.69 Å². The normalized spacial score (nSPS) is 14.4. The molecule has 0 aliphatic heterocycles. The zero-order valence-corrected chi connectivity index (χ0v) is 22.0. The van der Waals surface area contributed by atoms with E-state index in [1.165, 1.54) is 0 Å². The number of carbonyl (C=O) groups excluding carboxylic acids is 1. The molecule has 2 unspecified atom stereocenters. The Balaban J connectivity index is 2.05. The van der Waals surface area contributed by atoms with E-state index in [0.717, 1.165) is 29.8 Å². The summed E-state index contributed by atoms with van der Waals surface area (Å²) in [4.78, 5) is 24.0. The molecule has 0 fully saturated rings. The second-order valence-corrected chi connectivity index (χ2v) is 11.4. The van der Waals surface area contributed by atoms with Crippen LogP contribution in [0.5, 0.6) is 0 Å². The molecule has 3 aromatic rings. The summed E-state index contributed by atoms with van der Waals surface area (Å²) in [6.45, 7) is 6.72. The Morgan fingerprint density at radius 3 is 2.00 bits per heavy atom. The number of nitrogens with one attached hydrogen (secondary N) is 2. The number of rotatable bonds is 10. The highest BCUT2D eigenvalue weighted by Gasteiger charge is 2.45. The van der Waals surface area contributed by atoms with Gasteiger partial charge in [-0.05, 0) is 51.0 Å². The van der Waals surface area contributed by atoms with Gasteiger partial charge in [-0.25, -0.2) is 17.9 Å². The fourth-order valence-electron chi connectivity index (χ4n) is 3.80. The molecule has 0 aliphatic carbocycles. The van der Waals surface area contributed by atoms with Crippen LogP contribution in [0.15, 0.2) is 89.8 Å². The molecule has 2 atom stereocenters. The number of nitro benzene ring substituents is 1. The molecule has 0 radical (unpaired) electrons. The number of sulfonamides is 1. The van der Waals surface area contributed by atoms with Crippen molar-refractivity contribution >= 4 is 21.7 Å². The van der Waals surface area contributed by atoms with Gasteiger partial charge in [-0.15, -0.1) is 0 Å². The van der Waals surface area contributed by atoms with E-state index in [-0.39, 0.29) is 23.2 Å². The molecule has 0 aliphatic rings. The Hall–Kier alpha value is -3.60. The van der Waals surface area contributed by atoms with Crippen LogP contribution < -0.4 is 10.0 Å². The number of nitrogens with zero attached hydrogens (tertiary/aromatic N) is 1. The number of non-ortho nitro benzene ring substituents is 1. The SMILES string of the molecule is CC(NC(CNS(=O)(=O)c1ccc([N+](=O)[O-])cc1)(C(=O)OC(C)(C)C)c1ccccc1)c1ccccc1. The van der Waals surface area contributed by atoms with Crippen LogP contribution >= 0.6 is 0 Å². The predicted octanol–water partition coefficient (Wildman–Crippen LogP) is 4.46. The largest absolute Gasteiger partial charge is 0.458 e. The van der Waals surface area contributed by atoms with Crippen LogP contribution in [0.3, 0.4) is 0 Å². The maximum atomic E-state index is 13.8. The molecule has 3 aromatic carbocycles. The second-order valence-electron chi connectivity index (χ2n) is 9.63. The van der Waals surface area contributed by atoms with Crippen molar-refractivity contribution in [3.05, 3.63) is 106 Å². The highest BCUT2D eigenvalue weighted by atomic mass is 32.2. The van der Waals surface area contributed by atoms with Crippen molar-refractivity contribution in [1.29, 1.82) is 0 Å². The molecular formula is C27H31N3O6S. The highest BCUT2D eigenvalue weighted by molar-refractivity contribution is 7.89. The number of ether oxygens (including phenoxy) is 1. The van der Waals surface area contributed by atoms with Gasteiger partial charge in [0.2, 0.25) is 10.0 Å². The smallest absolute Gasteiger partial charge is 0.332 e. The third-order valence-electron chi connectivity index (χ3n) is 5.66. The minimum atomic E-state index is -4.14. The first-order chi connectivity index (χ1) is 17.3. The summed E-state index contributed by atoms with van der Waals surface area (Å²) in [5, 5.41) is 14.3. The van der Waals surface area contributed by atoms with Gasteiger partial charge in [-0.2, -0.15) is 0 Å². The van der Waals surface area contributed by atoms with Crippen molar-refractivity contribution in [3.8, 4) is 0 Å². The molecule has 0 heterocycles. The number of carbonyl (C=O) groups is 1. The first kappa shape index (κ1) is 28.0. The molecule has 0 bridgehead atoms. The molecule has 196 valence electrons. The average molecular weight is 526 g/mol. The summed E-state index contributed by atoms with van der Waals surface area (Å²) >= 11 is 0. The quantitative estimate of drug-likeness (QED) is 0.227. The van der Waals surface area contributed by atoms with Crippen LogP contribution in [0.1, 0.15) is 44.9 Å². The van der Waals surface area contributed by atoms with E-state index < -0.39 is 32.1 Å². The summed E-state index contributed by atoms with van der Waals surface area (Å²) in [6, 6.07) is 22.4. The van der Waals surface area contributed by atoms with Crippen LogP contribution in [0.25, 0.3) is 0 Å². The van der Waals surface area contributed by atoms with Crippen molar-refractivity contribution in [3.63, 3.8) is 0 Å². The van der Waals surface area contributed by atoms with E-state index in [4.69, 9.17) is 4.74 Å². The molecule has 3 rings (SSSR count). The number of esters is 1. The summed E-state index contributed by atoms with van der Waals surface area (Å²) in [7, 11) is -4.14. The summed E-state index contributed by atoms with van der Waals surface area (Å²) in [6.07, 6.45) is 0. The Kier molecular flexibility index (Phi) is 8.47. The Labute approximate surface area is 217 Å². The molecule has 0 spiro atoms. The minimum Gasteiger partial charge on any atom is -0.458 e. The van der Waals surface area contributed by atoms with E-state index >= 15 is 0 Å². The highest BCUT2D eigenvalue weighted by Crippen LogP contribution is 2.30. The van der Waals surface area contributed by atoms with E-state index in [9.17, 15) is 23.3 Å². The lowest BCUT2D eigenvalue weighted by atomic mass is 9.88. The number of nitro groups is 1. The predicted molar refractivity (Wildman–Crippen MR) is 140 cm³/mol. The van der Waals surface area contributed by atoms with Crippen molar-refractivity contribution < 1.29 is 22.9 Å². The van der Waals surface area contributed by atoms with E-state index in [2.05, 4.69) is 10.0 Å². The van der Waals surface area contributed by atoms with Gasteiger partial charge in [-0.1, -0.05) is 60.7 Å². The first-order valence-corrected chi connectivity index (χ1v) is 13.2. The van der Waals surface area contributed by atoms with Gasteiger partial charge in [0.05, 0.1) is 9.82 Å². The van der Waals surface area contributed by atoms with Crippen molar-refractivity contribution in [1.82, 2.24) is 10.0 Å². The number of hydrogen-bond donors (Lipinski definition) is 2. The summed E-state index contributed by atoms with van der Waals surface area (Å²) < 4.78 is 34.7. The monoisotopic (exact) mass is 525 g/mol. The topological polar surface area (TPSA) is 128 Å². The van der Waals surface area contributed by atoms with Gasteiger partial charge in [0, 0.05) is 24.7 Å². The molecule has 0 aromatic heterocycles. The number of benzene rings is 3. The summed E-state index contributed by atoms with van der Waals surface area (Å²) in [5.41, 5.74) is -1.27. The van der Waals surface area contributed by atoms with E-state index in [1.54, 1.807) is 51.1 Å². The Morgan fingerprint density at radius 1 is 0.946 bits per heavy atom. The van der Waals surface area contributed by atoms with Gasteiger partial charge in [-0.3, -0.25) is 15.4 Å². The minimum absolute atomic E-state index is 0.166. The van der Waals surface area contributed by atoms with Gasteiger partial charge < -0.3 is 4.74 Å². The van der Waals surface area contributed by atoms with Crippen molar-refractivity contribution in [2.45, 2.75) is 49.8 Å². The average Bonchev–Trinajstić information content (AvgIpc) is 2.86. The number of hydrogen-bond acceptors (Lipinski definition) is 7. The van der Waals surface area contributed by atoms with Gasteiger partial charge in [0.15, 0.2) is 5.54 Å². The lowest BCUT2D eigenvalue weighted by molar-refractivity contribution is -0.384. The lowest BCUT2D eigenvalue weighted by Crippen LogP contribution is -2.58. The standard InChI is InChI=1S/C27H31N3O6S/c1-20(21-11-7-5-8-12-21)29-27(22-13-9-6-10-14-22,25(31)36-26(2,3)4)19-28-37(34,35)24-17-15-23(16-18-24)30(32)33/h5-18,20,28-29H,19H2,1-4H3. The zero-order chi connectivity index (χ0) is 27.3. The van der Waals surface area contributed by atoms with Crippen LogP contribution in [-0.2, 0) is 25.1 Å². The molecule has 0 saturated heterocycles. The molecule has 10 heteroatoms. The second kappa shape index (κ2) is 11.2. The van der Waals surface area contributed by atoms with Crippen LogP contribution in [0, 0.1) is 10.1 Å². The molecule has 0 amide bonds. The fraction of sp³-hybridized carbons (Fsp3) is 0.296. The van der Waals surface area contributed by atoms with Gasteiger partial charge >= 0.3 is 5.97 Å². The molecule has 37 heavy (non-hydrogen) atoms. The third kappa shape index (κ3) is 7.00. The Morgan fingerprint density at radius 2 is 1.49 bits per heavy atom. The maximum absolute atomic E-state index is 13.8. The van der Waals surface area contributed by atoms with E-state index in [1.807, 2.05) is 37.3 Å². The van der Waals surface area contributed by atoms with Crippen LogP contribution in [0.4, 0.5) is 5.69 Å². The molecule has 2 N–H and O–H groups in total. The Bertz CT molecular complexity index is 1320. The fourth-order valence-corrected chi connectivity index (χ4v) is 4.87. The van der Waals surface area contributed by atoms with Crippen molar-refractivity contribution in [2.75, 3.05) is 6.54 Å². The zero-order valence-electron chi connectivity index (χ0n) is 21.2. The van der Waals surface area contributed by atoms with Crippen LogP contribution in [0.2, 0.25) is 0 Å². The van der Waals surface area contributed by atoms with Gasteiger partial charge in [0.1, 0.15) is 5.60 Å².